The second-order valence-electron chi connectivity index (χ2n) is 8.49. The van der Waals surface area contributed by atoms with E-state index in [1.807, 2.05) is 28.8 Å². The quantitative estimate of drug-likeness (QED) is 0.259. The maximum Gasteiger partial charge on any atom is 0.202 e. The number of rotatable bonds is 7. The van der Waals surface area contributed by atoms with Crippen LogP contribution in [0.2, 0.25) is 5.02 Å². The van der Waals surface area contributed by atoms with E-state index in [1.54, 1.807) is 35.7 Å². The first-order valence-electron chi connectivity index (χ1n) is 10.9. The molecule has 0 radical (unpaired) electrons. The lowest BCUT2D eigenvalue weighted by molar-refractivity contribution is 0.0982. The first-order valence-corrected chi connectivity index (χ1v) is 11.3. The summed E-state index contributed by atoms with van der Waals surface area (Å²) in [5.41, 5.74) is 4.27. The van der Waals surface area contributed by atoms with E-state index in [-0.39, 0.29) is 11.7 Å². The minimum atomic E-state index is -0.238. The molecule has 1 aliphatic rings. The Morgan fingerprint density at radius 3 is 2.94 bits per heavy atom. The topological polar surface area (TPSA) is 69.5 Å². The Morgan fingerprint density at radius 1 is 1.21 bits per heavy atom. The van der Waals surface area contributed by atoms with Crippen molar-refractivity contribution in [2.45, 2.75) is 38.1 Å². The standard InChI is InChI=1S/C24H20ClFN6O/c25-17-7-8-30-14-27-20(21(30)9-17)4-5-22(33)16-10-28-31(11-16)12-18-13-32-23(29-18)6-3-19(24(32)26)15-1-2-15/h3,6-11,13-15H,1-2,4-5,12H2. The number of aryl methyl sites for hydroxylation is 1. The molecule has 33 heavy (non-hydrogen) atoms. The molecule has 7 nitrogen and oxygen atoms in total. The predicted octanol–water partition coefficient (Wildman–Crippen LogP) is 4.71. The van der Waals surface area contributed by atoms with Crippen molar-refractivity contribution in [1.82, 2.24) is 28.5 Å². The highest BCUT2D eigenvalue weighted by Gasteiger charge is 2.27. The first kappa shape index (κ1) is 20.1. The number of carbonyl (C=O) groups excluding carboxylic acids is 1. The fraction of sp³-hybridized carbons (Fsp3) is 0.250. The fourth-order valence-corrected chi connectivity index (χ4v) is 4.37. The molecule has 5 aromatic heterocycles. The minimum Gasteiger partial charge on any atom is -0.306 e. The third-order valence-electron chi connectivity index (χ3n) is 6.11. The summed E-state index contributed by atoms with van der Waals surface area (Å²) in [4.78, 5) is 21.6. The van der Waals surface area contributed by atoms with Gasteiger partial charge in [0.25, 0.3) is 0 Å². The maximum absolute atomic E-state index is 14.8. The summed E-state index contributed by atoms with van der Waals surface area (Å²) in [7, 11) is 0. The summed E-state index contributed by atoms with van der Waals surface area (Å²) in [6.07, 6.45) is 11.4. The van der Waals surface area contributed by atoms with Crippen molar-refractivity contribution in [3.05, 3.63) is 88.9 Å². The van der Waals surface area contributed by atoms with Crippen LogP contribution < -0.4 is 0 Å². The SMILES string of the molecule is O=C(CCc1ncn2ccc(Cl)cc12)c1cnn(Cc2cn3c(F)c(C4CC4)ccc3n2)c1. The Bertz CT molecular complexity index is 1510. The summed E-state index contributed by atoms with van der Waals surface area (Å²) in [5.74, 6) is 0.0785. The average Bonchev–Trinajstić information content (AvgIpc) is 3.20. The van der Waals surface area contributed by atoms with Gasteiger partial charge in [-0.15, -0.1) is 0 Å². The Morgan fingerprint density at radius 2 is 2.09 bits per heavy atom. The molecule has 0 N–H and O–H groups in total. The fourth-order valence-electron chi connectivity index (χ4n) is 4.21. The van der Waals surface area contributed by atoms with Crippen LogP contribution in [0.4, 0.5) is 4.39 Å². The molecule has 5 aromatic rings. The van der Waals surface area contributed by atoms with Gasteiger partial charge in [-0.25, -0.2) is 9.97 Å². The molecule has 0 atom stereocenters. The van der Waals surface area contributed by atoms with Gasteiger partial charge in [0.05, 0.1) is 41.5 Å². The molecule has 0 bridgehead atoms. The Hall–Kier alpha value is -3.52. The second-order valence-corrected chi connectivity index (χ2v) is 8.93. The number of hydrogen-bond donors (Lipinski definition) is 0. The molecule has 5 heterocycles. The van der Waals surface area contributed by atoms with Crippen LogP contribution in [0.3, 0.4) is 0 Å². The van der Waals surface area contributed by atoms with Crippen molar-refractivity contribution >= 4 is 28.5 Å². The number of aromatic nitrogens is 6. The number of pyridine rings is 2. The van der Waals surface area contributed by atoms with E-state index in [9.17, 15) is 9.18 Å². The van der Waals surface area contributed by atoms with Crippen LogP contribution in [-0.2, 0) is 13.0 Å². The minimum absolute atomic E-state index is 0.0143. The lowest BCUT2D eigenvalue weighted by Gasteiger charge is -2.02. The number of imidazole rings is 2. The van der Waals surface area contributed by atoms with E-state index >= 15 is 0 Å². The lowest BCUT2D eigenvalue weighted by Crippen LogP contribution is -2.02. The van der Waals surface area contributed by atoms with Crippen molar-refractivity contribution in [2.75, 3.05) is 0 Å². The van der Waals surface area contributed by atoms with Crippen molar-refractivity contribution in [3.8, 4) is 0 Å². The largest absolute Gasteiger partial charge is 0.306 e. The third-order valence-corrected chi connectivity index (χ3v) is 6.35. The van der Waals surface area contributed by atoms with Gasteiger partial charge >= 0.3 is 0 Å². The molecule has 0 aliphatic heterocycles. The van der Waals surface area contributed by atoms with Crippen molar-refractivity contribution in [1.29, 1.82) is 0 Å². The molecule has 6 rings (SSSR count). The van der Waals surface area contributed by atoms with Gasteiger partial charge in [-0.3, -0.25) is 13.9 Å². The van der Waals surface area contributed by atoms with Crippen molar-refractivity contribution < 1.29 is 9.18 Å². The predicted molar refractivity (Wildman–Crippen MR) is 121 cm³/mol. The molecule has 0 amide bonds. The van der Waals surface area contributed by atoms with Crippen LogP contribution in [0.25, 0.3) is 11.2 Å². The van der Waals surface area contributed by atoms with E-state index in [1.165, 1.54) is 4.40 Å². The molecule has 1 saturated carbocycles. The summed E-state index contributed by atoms with van der Waals surface area (Å²) < 4.78 is 19.8. The van der Waals surface area contributed by atoms with Gasteiger partial charge in [0.2, 0.25) is 5.95 Å². The number of Topliss-reactive ketones (excluding diaryl/α,β-unsaturated/α-hetero) is 1. The summed E-state index contributed by atoms with van der Waals surface area (Å²) in [6.45, 7) is 0.358. The summed E-state index contributed by atoms with van der Waals surface area (Å²) >= 11 is 6.09. The summed E-state index contributed by atoms with van der Waals surface area (Å²) in [5, 5.41) is 4.93. The maximum atomic E-state index is 14.8. The van der Waals surface area contributed by atoms with E-state index < -0.39 is 0 Å². The average molecular weight is 463 g/mol. The molecule has 9 heteroatoms. The molecular weight excluding hydrogens is 443 g/mol. The third kappa shape index (κ3) is 3.80. The van der Waals surface area contributed by atoms with Crippen LogP contribution >= 0.6 is 11.6 Å². The smallest absolute Gasteiger partial charge is 0.202 e. The molecule has 1 aliphatic carbocycles. The van der Waals surface area contributed by atoms with Gasteiger partial charge in [-0.1, -0.05) is 17.7 Å². The highest BCUT2D eigenvalue weighted by Crippen LogP contribution is 2.41. The number of fused-ring (bicyclic) bond motifs is 2. The number of carbonyl (C=O) groups is 1. The van der Waals surface area contributed by atoms with Crippen LogP contribution in [-0.4, -0.2) is 34.3 Å². The second kappa shape index (κ2) is 7.81. The van der Waals surface area contributed by atoms with Gasteiger partial charge in [0.1, 0.15) is 5.65 Å². The van der Waals surface area contributed by atoms with Crippen LogP contribution in [0.15, 0.2) is 55.4 Å². The van der Waals surface area contributed by atoms with Crippen LogP contribution in [0.5, 0.6) is 0 Å². The highest BCUT2D eigenvalue weighted by atomic mass is 35.5. The molecule has 0 spiro atoms. The molecular formula is C24H20ClFN6O. The van der Waals surface area contributed by atoms with E-state index in [0.29, 0.717) is 47.2 Å². The Balaban J connectivity index is 1.15. The molecule has 1 fully saturated rings. The van der Waals surface area contributed by atoms with Gasteiger partial charge in [0, 0.05) is 35.6 Å². The zero-order valence-corrected chi connectivity index (χ0v) is 18.4. The number of hydrogen-bond acceptors (Lipinski definition) is 4. The van der Waals surface area contributed by atoms with E-state index in [2.05, 4.69) is 15.1 Å². The van der Waals surface area contributed by atoms with Gasteiger partial charge in [-0.05, 0) is 43.4 Å². The van der Waals surface area contributed by atoms with Crippen molar-refractivity contribution in [2.24, 2.45) is 0 Å². The number of ketones is 1. The van der Waals surface area contributed by atoms with E-state index in [4.69, 9.17) is 11.6 Å². The first-order chi connectivity index (χ1) is 16.0. The molecule has 166 valence electrons. The molecule has 0 aromatic carbocycles. The van der Waals surface area contributed by atoms with Crippen LogP contribution in [0, 0.1) is 5.95 Å². The van der Waals surface area contributed by atoms with Gasteiger partial charge < -0.3 is 4.40 Å². The molecule has 0 unspecified atom stereocenters. The van der Waals surface area contributed by atoms with Gasteiger partial charge in [-0.2, -0.15) is 9.49 Å². The monoisotopic (exact) mass is 462 g/mol. The summed E-state index contributed by atoms with van der Waals surface area (Å²) in [6, 6.07) is 7.33. The Kier molecular flexibility index (Phi) is 4.76. The Labute approximate surface area is 193 Å². The van der Waals surface area contributed by atoms with E-state index in [0.717, 1.165) is 29.6 Å². The number of nitrogens with zero attached hydrogens (tertiary/aromatic N) is 6. The molecule has 0 saturated heterocycles. The van der Waals surface area contributed by atoms with Crippen LogP contribution in [0.1, 0.15) is 52.5 Å². The normalized spacial score (nSPS) is 13.9. The van der Waals surface area contributed by atoms with Crippen molar-refractivity contribution in [3.63, 3.8) is 0 Å². The number of halogens is 2. The highest BCUT2D eigenvalue weighted by molar-refractivity contribution is 6.30. The van der Waals surface area contributed by atoms with Gasteiger partial charge in [0.15, 0.2) is 5.78 Å². The zero-order chi connectivity index (χ0) is 22.5. The lowest BCUT2D eigenvalue weighted by atomic mass is 10.1. The zero-order valence-electron chi connectivity index (χ0n) is 17.7.